The second-order valence-electron chi connectivity index (χ2n) is 2.66. The quantitative estimate of drug-likeness (QED) is 0.710. The van der Waals surface area contributed by atoms with Crippen molar-refractivity contribution in [2.45, 2.75) is 6.92 Å². The highest BCUT2D eigenvalue weighted by Crippen LogP contribution is 2.13. The molecule has 0 atom stereocenters. The third kappa shape index (κ3) is 1.24. The zero-order valence-corrected chi connectivity index (χ0v) is 6.81. The van der Waals surface area contributed by atoms with Crippen molar-refractivity contribution in [2.24, 2.45) is 0 Å². The lowest BCUT2D eigenvalue weighted by atomic mass is 10.3. The molecule has 0 spiro atoms. The summed E-state index contributed by atoms with van der Waals surface area (Å²) in [5, 5.41) is 8.57. The van der Waals surface area contributed by atoms with Crippen LogP contribution in [-0.2, 0) is 0 Å². The van der Waals surface area contributed by atoms with Crippen LogP contribution in [0.25, 0.3) is 11.2 Å². The number of hydrogen-bond donors (Lipinski definition) is 1. The van der Waals surface area contributed by atoms with Gasteiger partial charge in [-0.2, -0.15) is 4.98 Å². The summed E-state index contributed by atoms with van der Waals surface area (Å²) in [6.07, 6.45) is 1.61. The van der Waals surface area contributed by atoms with E-state index in [9.17, 15) is 4.79 Å². The number of oxazole rings is 1. The molecule has 0 aliphatic rings. The molecular weight excluding hydrogens is 172 g/mol. The van der Waals surface area contributed by atoms with E-state index < -0.39 is 5.97 Å². The van der Waals surface area contributed by atoms with E-state index in [0.29, 0.717) is 11.2 Å². The number of nitrogens with zero attached hydrogens (tertiary/aromatic N) is 2. The monoisotopic (exact) mass is 178 g/mol. The smallest absolute Gasteiger partial charge is 0.392 e. The first-order valence-corrected chi connectivity index (χ1v) is 3.63. The topological polar surface area (TPSA) is 76.2 Å². The molecule has 0 unspecified atom stereocenters. The third-order valence-electron chi connectivity index (χ3n) is 1.57. The third-order valence-corrected chi connectivity index (χ3v) is 1.57. The lowest BCUT2D eigenvalue weighted by Gasteiger charge is -1.86. The SMILES string of the molecule is Cc1cnc2nc(C(=O)O)oc2c1. The van der Waals surface area contributed by atoms with E-state index in [1.807, 2.05) is 6.92 Å². The fourth-order valence-electron chi connectivity index (χ4n) is 1.01. The number of carbonyl (C=O) groups is 1. The van der Waals surface area contributed by atoms with Crippen molar-refractivity contribution < 1.29 is 14.3 Å². The summed E-state index contributed by atoms with van der Waals surface area (Å²) in [6, 6.07) is 1.70. The zero-order valence-electron chi connectivity index (χ0n) is 6.81. The van der Waals surface area contributed by atoms with Crippen molar-refractivity contribution in [1.29, 1.82) is 0 Å². The summed E-state index contributed by atoms with van der Waals surface area (Å²) in [6.45, 7) is 1.84. The Morgan fingerprint density at radius 1 is 1.62 bits per heavy atom. The van der Waals surface area contributed by atoms with Gasteiger partial charge in [-0.3, -0.25) is 0 Å². The van der Waals surface area contributed by atoms with E-state index in [-0.39, 0.29) is 5.89 Å². The molecule has 1 N–H and O–H groups in total. The summed E-state index contributed by atoms with van der Waals surface area (Å²) in [7, 11) is 0. The van der Waals surface area contributed by atoms with Crippen LogP contribution >= 0.6 is 0 Å². The molecule has 0 fully saturated rings. The highest BCUT2D eigenvalue weighted by Gasteiger charge is 2.12. The molecule has 0 bridgehead atoms. The van der Waals surface area contributed by atoms with Crippen molar-refractivity contribution in [2.75, 3.05) is 0 Å². The summed E-state index contributed by atoms with van der Waals surface area (Å²) in [5.74, 6) is -1.51. The van der Waals surface area contributed by atoms with Crippen molar-refractivity contribution in [1.82, 2.24) is 9.97 Å². The number of carboxylic acid groups (broad SMARTS) is 1. The van der Waals surface area contributed by atoms with Crippen molar-refractivity contribution in [3.05, 3.63) is 23.7 Å². The first-order chi connectivity index (χ1) is 6.16. The van der Waals surface area contributed by atoms with Crippen LogP contribution in [0.2, 0.25) is 0 Å². The molecule has 0 amide bonds. The van der Waals surface area contributed by atoms with Gasteiger partial charge in [0.2, 0.25) is 0 Å². The van der Waals surface area contributed by atoms with E-state index in [1.165, 1.54) is 0 Å². The summed E-state index contributed by atoms with van der Waals surface area (Å²) < 4.78 is 4.94. The minimum Gasteiger partial charge on any atom is -0.474 e. The van der Waals surface area contributed by atoms with Gasteiger partial charge in [-0.05, 0) is 18.6 Å². The van der Waals surface area contributed by atoms with Crippen molar-refractivity contribution >= 4 is 17.2 Å². The molecule has 0 saturated carbocycles. The van der Waals surface area contributed by atoms with Crippen LogP contribution in [0.5, 0.6) is 0 Å². The van der Waals surface area contributed by atoms with Crippen molar-refractivity contribution in [3.8, 4) is 0 Å². The highest BCUT2D eigenvalue weighted by atomic mass is 16.4. The Hall–Kier alpha value is -1.91. The maximum Gasteiger partial charge on any atom is 0.392 e. The number of carboxylic acids is 1. The summed E-state index contributed by atoms with van der Waals surface area (Å²) in [4.78, 5) is 18.1. The van der Waals surface area contributed by atoms with Gasteiger partial charge in [-0.25, -0.2) is 9.78 Å². The molecular formula is C8H6N2O3. The normalized spacial score (nSPS) is 10.5. The minimum atomic E-state index is -1.18. The molecule has 0 aliphatic carbocycles. The van der Waals surface area contributed by atoms with Crippen LogP contribution in [0.4, 0.5) is 0 Å². The number of aromatic nitrogens is 2. The first-order valence-electron chi connectivity index (χ1n) is 3.63. The molecule has 66 valence electrons. The molecule has 2 rings (SSSR count). The van der Waals surface area contributed by atoms with E-state index in [1.54, 1.807) is 12.3 Å². The molecule has 2 aromatic rings. The Morgan fingerprint density at radius 3 is 3.08 bits per heavy atom. The van der Waals surface area contributed by atoms with Crippen LogP contribution in [0.15, 0.2) is 16.7 Å². The standard InChI is InChI=1S/C8H6N2O3/c1-4-2-5-6(9-3-4)10-7(13-5)8(11)12/h2-3H,1H3,(H,11,12). The molecule has 13 heavy (non-hydrogen) atoms. The number of rotatable bonds is 1. The zero-order chi connectivity index (χ0) is 9.42. The van der Waals surface area contributed by atoms with Crippen LogP contribution in [-0.4, -0.2) is 21.0 Å². The molecule has 5 nitrogen and oxygen atoms in total. The first kappa shape index (κ1) is 7.72. The van der Waals surface area contributed by atoms with E-state index in [0.717, 1.165) is 5.56 Å². The summed E-state index contributed by atoms with van der Waals surface area (Å²) >= 11 is 0. The second-order valence-corrected chi connectivity index (χ2v) is 2.66. The van der Waals surface area contributed by atoms with Gasteiger partial charge in [0.25, 0.3) is 0 Å². The molecule has 0 radical (unpaired) electrons. The molecule has 2 aromatic heterocycles. The Balaban J connectivity index is 2.68. The molecule has 5 heteroatoms. The van der Waals surface area contributed by atoms with Gasteiger partial charge in [0.05, 0.1) is 0 Å². The Morgan fingerprint density at radius 2 is 2.38 bits per heavy atom. The average Bonchev–Trinajstić information content (AvgIpc) is 2.46. The van der Waals surface area contributed by atoms with Gasteiger partial charge in [-0.15, -0.1) is 0 Å². The van der Waals surface area contributed by atoms with Gasteiger partial charge in [0.15, 0.2) is 11.2 Å². The Kier molecular flexibility index (Phi) is 1.51. The maximum absolute atomic E-state index is 10.5. The maximum atomic E-state index is 10.5. The van der Waals surface area contributed by atoms with Crippen LogP contribution < -0.4 is 0 Å². The van der Waals surface area contributed by atoms with Gasteiger partial charge in [0, 0.05) is 6.20 Å². The number of hydrogen-bond acceptors (Lipinski definition) is 4. The number of fused-ring (bicyclic) bond motifs is 1. The molecule has 2 heterocycles. The van der Waals surface area contributed by atoms with E-state index in [4.69, 9.17) is 9.52 Å². The molecule has 0 aliphatic heterocycles. The lowest BCUT2D eigenvalue weighted by molar-refractivity contribution is 0.0656. The number of aromatic carboxylic acids is 1. The predicted octanol–water partition coefficient (Wildman–Crippen LogP) is 1.23. The largest absolute Gasteiger partial charge is 0.474 e. The Labute approximate surface area is 73.0 Å². The van der Waals surface area contributed by atoms with Crippen molar-refractivity contribution in [3.63, 3.8) is 0 Å². The van der Waals surface area contributed by atoms with Crippen LogP contribution in [0.3, 0.4) is 0 Å². The fourth-order valence-corrected chi connectivity index (χ4v) is 1.01. The molecule has 0 saturated heterocycles. The van der Waals surface area contributed by atoms with Gasteiger partial charge in [0.1, 0.15) is 0 Å². The summed E-state index contributed by atoms with van der Waals surface area (Å²) in [5.41, 5.74) is 1.63. The van der Waals surface area contributed by atoms with Gasteiger partial charge in [-0.1, -0.05) is 0 Å². The fraction of sp³-hybridized carbons (Fsp3) is 0.125. The lowest BCUT2D eigenvalue weighted by Crippen LogP contribution is -1.94. The Bertz CT molecular complexity index is 475. The van der Waals surface area contributed by atoms with Gasteiger partial charge >= 0.3 is 11.9 Å². The van der Waals surface area contributed by atoms with E-state index >= 15 is 0 Å². The number of pyridine rings is 1. The highest BCUT2D eigenvalue weighted by molar-refractivity contribution is 5.85. The van der Waals surface area contributed by atoms with Crippen LogP contribution in [0.1, 0.15) is 16.2 Å². The molecule has 0 aromatic carbocycles. The van der Waals surface area contributed by atoms with Gasteiger partial charge < -0.3 is 9.52 Å². The van der Waals surface area contributed by atoms with Crippen LogP contribution in [0, 0.1) is 6.92 Å². The number of aryl methyl sites for hydroxylation is 1. The van der Waals surface area contributed by atoms with E-state index in [2.05, 4.69) is 9.97 Å². The predicted molar refractivity (Wildman–Crippen MR) is 43.5 cm³/mol. The second kappa shape index (κ2) is 2.55. The minimum absolute atomic E-state index is 0.322. The average molecular weight is 178 g/mol.